The van der Waals surface area contributed by atoms with E-state index >= 15 is 0 Å². The number of hydrogen-bond acceptors (Lipinski definition) is 4. The zero-order valence-electron chi connectivity index (χ0n) is 11.4. The Hall–Kier alpha value is -0.430. The highest BCUT2D eigenvalue weighted by molar-refractivity contribution is 9.10. The summed E-state index contributed by atoms with van der Waals surface area (Å²) in [4.78, 5) is 0.227. The van der Waals surface area contributed by atoms with Gasteiger partial charge in [-0.2, -0.15) is 0 Å². The molecule has 0 bridgehead atoms. The van der Waals surface area contributed by atoms with Crippen LogP contribution in [0.15, 0.2) is 33.6 Å². The summed E-state index contributed by atoms with van der Waals surface area (Å²) in [5, 5.41) is 12.9. The zero-order valence-corrected chi connectivity index (χ0v) is 13.8. The quantitative estimate of drug-likeness (QED) is 0.852. The Morgan fingerprint density at radius 3 is 2.26 bits per heavy atom. The van der Waals surface area contributed by atoms with Gasteiger partial charge in [0.1, 0.15) is 0 Å². The predicted octanol–water partition coefficient (Wildman–Crippen LogP) is 1.97. The summed E-state index contributed by atoms with van der Waals surface area (Å²) < 4.78 is 25.0. The molecule has 1 aromatic rings. The molecule has 4 nitrogen and oxygen atoms in total. The highest BCUT2D eigenvalue weighted by Gasteiger charge is 2.21. The SMILES string of the molecule is CC(C)(C)NCC(O)CS(=O)(=O)c1ccc(Br)cc1. The number of rotatable bonds is 5. The first-order valence-corrected chi connectivity index (χ1v) is 8.46. The fourth-order valence-corrected chi connectivity index (χ4v) is 3.11. The number of sulfone groups is 1. The number of hydrogen-bond donors (Lipinski definition) is 2. The summed E-state index contributed by atoms with van der Waals surface area (Å²) >= 11 is 3.26. The highest BCUT2D eigenvalue weighted by atomic mass is 79.9. The summed E-state index contributed by atoms with van der Waals surface area (Å²) in [5.74, 6) is -0.280. The summed E-state index contributed by atoms with van der Waals surface area (Å²) in [7, 11) is -3.45. The zero-order chi connectivity index (χ0) is 14.7. The first kappa shape index (κ1) is 16.6. The summed E-state index contributed by atoms with van der Waals surface area (Å²) in [5.41, 5.74) is -0.150. The Labute approximate surface area is 123 Å². The molecule has 0 amide bonds. The third-order valence-electron chi connectivity index (χ3n) is 2.45. The number of halogens is 1. The molecule has 1 atom stereocenters. The molecule has 0 fully saturated rings. The van der Waals surface area contributed by atoms with E-state index in [9.17, 15) is 13.5 Å². The Bertz CT molecular complexity index is 506. The van der Waals surface area contributed by atoms with Crippen LogP contribution in [-0.2, 0) is 9.84 Å². The first-order chi connectivity index (χ1) is 8.60. The van der Waals surface area contributed by atoms with Crippen molar-refractivity contribution in [2.24, 2.45) is 0 Å². The van der Waals surface area contributed by atoms with Crippen molar-refractivity contribution < 1.29 is 13.5 Å². The molecule has 0 heterocycles. The van der Waals surface area contributed by atoms with E-state index in [-0.39, 0.29) is 22.7 Å². The smallest absolute Gasteiger partial charge is 0.180 e. The first-order valence-electron chi connectivity index (χ1n) is 6.01. The Kier molecular flexibility index (Phi) is 5.55. The van der Waals surface area contributed by atoms with E-state index in [2.05, 4.69) is 21.2 Å². The fraction of sp³-hybridized carbons (Fsp3) is 0.538. The molecule has 6 heteroatoms. The van der Waals surface area contributed by atoms with Gasteiger partial charge >= 0.3 is 0 Å². The van der Waals surface area contributed by atoms with Gasteiger partial charge in [0.15, 0.2) is 9.84 Å². The lowest BCUT2D eigenvalue weighted by molar-refractivity contribution is 0.181. The van der Waals surface area contributed by atoms with Gasteiger partial charge in [-0.05, 0) is 45.0 Å². The van der Waals surface area contributed by atoms with E-state index in [1.54, 1.807) is 12.1 Å². The third-order valence-corrected chi connectivity index (χ3v) is 4.80. The Morgan fingerprint density at radius 1 is 1.26 bits per heavy atom. The maximum absolute atomic E-state index is 12.1. The molecule has 0 aliphatic carbocycles. The Morgan fingerprint density at radius 2 is 1.79 bits per heavy atom. The molecule has 2 N–H and O–H groups in total. The van der Waals surface area contributed by atoms with E-state index in [0.717, 1.165) is 4.47 Å². The Balaban J connectivity index is 2.67. The lowest BCUT2D eigenvalue weighted by atomic mass is 10.1. The summed E-state index contributed by atoms with van der Waals surface area (Å²) in [6.45, 7) is 6.13. The van der Waals surface area contributed by atoms with Crippen molar-refractivity contribution in [3.05, 3.63) is 28.7 Å². The molecule has 0 saturated heterocycles. The fourth-order valence-electron chi connectivity index (χ4n) is 1.47. The van der Waals surface area contributed by atoms with E-state index in [4.69, 9.17) is 0 Å². The standard InChI is InChI=1S/C13H20BrNO3S/c1-13(2,3)15-8-11(16)9-19(17,18)12-6-4-10(14)5-7-12/h4-7,11,15-16H,8-9H2,1-3H3. The van der Waals surface area contributed by atoms with E-state index in [1.807, 2.05) is 20.8 Å². The second kappa shape index (κ2) is 6.35. The van der Waals surface area contributed by atoms with E-state index in [1.165, 1.54) is 12.1 Å². The minimum absolute atomic E-state index is 0.150. The van der Waals surface area contributed by atoms with Crippen LogP contribution in [0, 0.1) is 0 Å². The van der Waals surface area contributed by atoms with Crippen molar-refractivity contribution in [3.63, 3.8) is 0 Å². The lowest BCUT2D eigenvalue weighted by Crippen LogP contribution is -2.42. The second-order valence-corrected chi connectivity index (χ2v) is 8.47. The van der Waals surface area contributed by atoms with Crippen molar-refractivity contribution in [2.45, 2.75) is 37.3 Å². The largest absolute Gasteiger partial charge is 0.391 e. The molecule has 0 radical (unpaired) electrons. The van der Waals surface area contributed by atoms with Crippen molar-refractivity contribution in [2.75, 3.05) is 12.3 Å². The van der Waals surface area contributed by atoms with Gasteiger partial charge in [0.05, 0.1) is 16.8 Å². The van der Waals surface area contributed by atoms with Crippen molar-refractivity contribution in [3.8, 4) is 0 Å². The molecule has 19 heavy (non-hydrogen) atoms. The average Bonchev–Trinajstić information content (AvgIpc) is 2.25. The van der Waals surface area contributed by atoms with Crippen molar-refractivity contribution in [1.82, 2.24) is 5.32 Å². The van der Waals surface area contributed by atoms with Crippen LogP contribution in [0.1, 0.15) is 20.8 Å². The predicted molar refractivity (Wildman–Crippen MR) is 80.0 cm³/mol. The molecule has 0 saturated carbocycles. The molecule has 1 unspecified atom stereocenters. The third kappa shape index (κ3) is 6.03. The molecule has 0 spiro atoms. The van der Waals surface area contributed by atoms with Crippen LogP contribution in [-0.4, -0.2) is 37.5 Å². The average molecular weight is 350 g/mol. The van der Waals surface area contributed by atoms with Gasteiger partial charge in [0.2, 0.25) is 0 Å². The summed E-state index contributed by atoms with van der Waals surface area (Å²) in [6, 6.07) is 6.41. The molecular formula is C13H20BrNO3S. The van der Waals surface area contributed by atoms with Crippen LogP contribution in [0.5, 0.6) is 0 Å². The normalized spacial score (nSPS) is 14.4. The van der Waals surface area contributed by atoms with E-state index in [0.29, 0.717) is 0 Å². The number of β-amino-alcohol motifs (C(OH)–C–C–N with tert-alkyl or cyclic N) is 1. The minimum Gasteiger partial charge on any atom is -0.391 e. The molecule has 1 aromatic carbocycles. The molecule has 0 aromatic heterocycles. The maximum Gasteiger partial charge on any atom is 0.180 e. The van der Waals surface area contributed by atoms with Gasteiger partial charge in [0.25, 0.3) is 0 Å². The van der Waals surface area contributed by atoms with Gasteiger partial charge < -0.3 is 10.4 Å². The van der Waals surface area contributed by atoms with Crippen LogP contribution >= 0.6 is 15.9 Å². The number of aliphatic hydroxyl groups excluding tert-OH is 1. The second-order valence-electron chi connectivity index (χ2n) is 5.52. The van der Waals surface area contributed by atoms with Crippen LogP contribution in [0.2, 0.25) is 0 Å². The van der Waals surface area contributed by atoms with Gasteiger partial charge in [-0.1, -0.05) is 15.9 Å². The van der Waals surface area contributed by atoms with Gasteiger partial charge in [0, 0.05) is 16.6 Å². The molecule has 0 aliphatic rings. The summed E-state index contributed by atoms with van der Waals surface area (Å²) in [6.07, 6.45) is -0.923. The van der Waals surface area contributed by atoms with Crippen LogP contribution in [0.3, 0.4) is 0 Å². The van der Waals surface area contributed by atoms with Crippen molar-refractivity contribution in [1.29, 1.82) is 0 Å². The van der Waals surface area contributed by atoms with Crippen molar-refractivity contribution >= 4 is 25.8 Å². The lowest BCUT2D eigenvalue weighted by Gasteiger charge is -2.22. The molecule has 0 aliphatic heterocycles. The number of benzene rings is 1. The topological polar surface area (TPSA) is 66.4 Å². The van der Waals surface area contributed by atoms with Crippen LogP contribution < -0.4 is 5.32 Å². The van der Waals surface area contributed by atoms with Gasteiger partial charge in [-0.25, -0.2) is 8.42 Å². The molecular weight excluding hydrogens is 330 g/mol. The van der Waals surface area contributed by atoms with Gasteiger partial charge in [-0.3, -0.25) is 0 Å². The number of aliphatic hydroxyl groups is 1. The van der Waals surface area contributed by atoms with Crippen LogP contribution in [0.25, 0.3) is 0 Å². The maximum atomic E-state index is 12.1. The van der Waals surface area contributed by atoms with Crippen LogP contribution in [0.4, 0.5) is 0 Å². The van der Waals surface area contributed by atoms with E-state index < -0.39 is 15.9 Å². The number of nitrogens with one attached hydrogen (secondary N) is 1. The minimum atomic E-state index is -3.45. The molecule has 108 valence electrons. The monoisotopic (exact) mass is 349 g/mol. The molecule has 1 rings (SSSR count). The highest BCUT2D eigenvalue weighted by Crippen LogP contribution is 2.16. The van der Waals surface area contributed by atoms with Gasteiger partial charge in [-0.15, -0.1) is 0 Å².